The summed E-state index contributed by atoms with van der Waals surface area (Å²) < 4.78 is 2.34. The maximum atomic E-state index is 12.7. The topological polar surface area (TPSA) is 41.0 Å². The Morgan fingerprint density at radius 1 is 1.15 bits per heavy atom. The van der Waals surface area contributed by atoms with Crippen LogP contribution in [-0.4, -0.2) is 33.6 Å². The van der Waals surface area contributed by atoms with Gasteiger partial charge in [0.05, 0.1) is 16.9 Å². The van der Waals surface area contributed by atoms with E-state index in [1.807, 2.05) is 24.3 Å². The molecule has 20 heavy (non-hydrogen) atoms. The Kier molecular flexibility index (Phi) is 2.79. The fraction of sp³-hybridized carbons (Fsp3) is 0.467. The third kappa shape index (κ3) is 1.93. The average Bonchev–Trinajstić information content (AvgIpc) is 3.19. The molecule has 1 saturated carbocycles. The zero-order valence-corrected chi connectivity index (χ0v) is 12.0. The zero-order valence-electron chi connectivity index (χ0n) is 11.2. The number of para-hydroxylation sites is 1. The van der Waals surface area contributed by atoms with Crippen LogP contribution in [0, 0.1) is 4.77 Å². The number of nitrogens with zero attached hydrogens (tertiary/aromatic N) is 2. The maximum Gasteiger partial charge on any atom is 0.262 e. The molecule has 5 heteroatoms. The standard InChI is InChI=1S/C15H17N3OS/c19-14-12-3-1-2-4-13(12)16-15(20)18(14)11-7-8-17(9-11)10-5-6-10/h1-4,10-11H,5-9H2,(H,16,20). The van der Waals surface area contributed by atoms with Crippen molar-refractivity contribution >= 4 is 23.1 Å². The van der Waals surface area contributed by atoms with Crippen LogP contribution in [0.25, 0.3) is 10.9 Å². The second-order valence-electron chi connectivity index (χ2n) is 5.82. The van der Waals surface area contributed by atoms with Crippen LogP contribution in [0.3, 0.4) is 0 Å². The van der Waals surface area contributed by atoms with Crippen LogP contribution in [0.5, 0.6) is 0 Å². The molecular formula is C15H17N3OS. The molecule has 1 aliphatic heterocycles. The average molecular weight is 287 g/mol. The van der Waals surface area contributed by atoms with Crippen LogP contribution >= 0.6 is 12.2 Å². The quantitative estimate of drug-likeness (QED) is 0.863. The Labute approximate surface area is 122 Å². The SMILES string of the molecule is O=c1c2ccccc2[nH]c(=S)n1C1CCN(C2CC2)C1. The predicted octanol–water partition coefficient (Wildman–Crippen LogP) is 2.47. The van der Waals surface area contributed by atoms with Crippen LogP contribution in [-0.2, 0) is 0 Å². The van der Waals surface area contributed by atoms with Crippen LogP contribution in [0.2, 0.25) is 0 Å². The Morgan fingerprint density at radius 2 is 1.95 bits per heavy atom. The minimum absolute atomic E-state index is 0.0481. The summed E-state index contributed by atoms with van der Waals surface area (Å²) in [5.41, 5.74) is 0.878. The number of hydrogen-bond donors (Lipinski definition) is 1. The summed E-state index contributed by atoms with van der Waals surface area (Å²) in [4.78, 5) is 18.4. The number of benzene rings is 1. The summed E-state index contributed by atoms with van der Waals surface area (Å²) in [6.07, 6.45) is 3.64. The molecule has 104 valence electrons. The molecule has 2 aliphatic rings. The molecule has 0 radical (unpaired) electrons. The van der Waals surface area contributed by atoms with Gasteiger partial charge in [-0.15, -0.1) is 0 Å². The largest absolute Gasteiger partial charge is 0.332 e. The first kappa shape index (κ1) is 12.3. The summed E-state index contributed by atoms with van der Waals surface area (Å²) >= 11 is 5.41. The first-order valence-electron chi connectivity index (χ1n) is 7.21. The van der Waals surface area contributed by atoms with E-state index in [9.17, 15) is 4.79 Å². The summed E-state index contributed by atoms with van der Waals surface area (Å²) in [7, 11) is 0. The molecule has 2 fully saturated rings. The summed E-state index contributed by atoms with van der Waals surface area (Å²) in [6.45, 7) is 2.05. The van der Waals surface area contributed by atoms with Gasteiger partial charge < -0.3 is 4.98 Å². The number of H-pyrrole nitrogens is 1. The van der Waals surface area contributed by atoms with E-state index in [-0.39, 0.29) is 11.6 Å². The predicted molar refractivity (Wildman–Crippen MR) is 81.6 cm³/mol. The Balaban J connectivity index is 1.80. The maximum absolute atomic E-state index is 12.7. The highest BCUT2D eigenvalue weighted by Gasteiger charge is 2.35. The number of aromatic nitrogens is 2. The Morgan fingerprint density at radius 3 is 2.75 bits per heavy atom. The van der Waals surface area contributed by atoms with E-state index < -0.39 is 0 Å². The van der Waals surface area contributed by atoms with E-state index in [1.165, 1.54) is 12.8 Å². The van der Waals surface area contributed by atoms with Gasteiger partial charge in [0.2, 0.25) is 0 Å². The lowest BCUT2D eigenvalue weighted by Gasteiger charge is -2.17. The number of likely N-dealkylation sites (tertiary alicyclic amines) is 1. The van der Waals surface area contributed by atoms with E-state index in [1.54, 1.807) is 4.57 Å². The highest BCUT2D eigenvalue weighted by molar-refractivity contribution is 7.71. The molecule has 0 amide bonds. The minimum Gasteiger partial charge on any atom is -0.332 e. The van der Waals surface area contributed by atoms with Crippen molar-refractivity contribution in [3.8, 4) is 0 Å². The summed E-state index contributed by atoms with van der Waals surface area (Å²) in [5, 5.41) is 0.728. The molecule has 1 aromatic carbocycles. The van der Waals surface area contributed by atoms with Gasteiger partial charge in [-0.25, -0.2) is 0 Å². The van der Waals surface area contributed by atoms with Crippen LogP contribution in [0.1, 0.15) is 25.3 Å². The smallest absolute Gasteiger partial charge is 0.262 e. The number of rotatable bonds is 2. The van der Waals surface area contributed by atoms with Gasteiger partial charge >= 0.3 is 0 Å². The Hall–Kier alpha value is -1.46. The molecule has 1 aromatic heterocycles. The molecule has 0 spiro atoms. The van der Waals surface area contributed by atoms with Gasteiger partial charge in [-0.3, -0.25) is 14.3 Å². The molecule has 4 nitrogen and oxygen atoms in total. The normalized spacial score (nSPS) is 23.5. The second-order valence-corrected chi connectivity index (χ2v) is 6.21. The number of hydrogen-bond acceptors (Lipinski definition) is 3. The van der Waals surface area contributed by atoms with Crippen molar-refractivity contribution in [1.82, 2.24) is 14.5 Å². The van der Waals surface area contributed by atoms with Crippen molar-refractivity contribution in [2.45, 2.75) is 31.3 Å². The van der Waals surface area contributed by atoms with Gasteiger partial charge in [0.25, 0.3) is 5.56 Å². The van der Waals surface area contributed by atoms with Crippen molar-refractivity contribution < 1.29 is 0 Å². The van der Waals surface area contributed by atoms with Gasteiger partial charge in [-0.2, -0.15) is 0 Å². The monoisotopic (exact) mass is 287 g/mol. The first-order chi connectivity index (χ1) is 9.74. The zero-order chi connectivity index (χ0) is 13.7. The van der Waals surface area contributed by atoms with Crippen molar-refractivity contribution in [3.63, 3.8) is 0 Å². The third-order valence-corrected chi connectivity index (χ3v) is 4.76. The number of aromatic amines is 1. The van der Waals surface area contributed by atoms with E-state index in [0.717, 1.165) is 36.5 Å². The van der Waals surface area contributed by atoms with Crippen molar-refractivity contribution in [3.05, 3.63) is 39.4 Å². The minimum atomic E-state index is 0.0481. The van der Waals surface area contributed by atoms with E-state index in [4.69, 9.17) is 12.2 Å². The number of nitrogens with one attached hydrogen (secondary N) is 1. The van der Waals surface area contributed by atoms with Gasteiger partial charge in [-0.1, -0.05) is 12.1 Å². The fourth-order valence-electron chi connectivity index (χ4n) is 3.26. The fourth-order valence-corrected chi connectivity index (χ4v) is 3.60. The van der Waals surface area contributed by atoms with Crippen molar-refractivity contribution in [2.75, 3.05) is 13.1 Å². The molecule has 2 heterocycles. The lowest BCUT2D eigenvalue weighted by Crippen LogP contribution is -2.29. The van der Waals surface area contributed by atoms with Crippen LogP contribution in [0.4, 0.5) is 0 Å². The van der Waals surface area contributed by atoms with E-state index in [2.05, 4.69) is 9.88 Å². The van der Waals surface area contributed by atoms with Gasteiger partial charge in [-0.05, 0) is 43.6 Å². The number of fused-ring (bicyclic) bond motifs is 1. The van der Waals surface area contributed by atoms with Gasteiger partial charge in [0.1, 0.15) is 0 Å². The molecule has 1 N–H and O–H groups in total. The molecule has 1 saturated heterocycles. The molecule has 1 aliphatic carbocycles. The van der Waals surface area contributed by atoms with Gasteiger partial charge in [0, 0.05) is 19.1 Å². The second kappa shape index (κ2) is 4.53. The van der Waals surface area contributed by atoms with Gasteiger partial charge in [0.15, 0.2) is 4.77 Å². The third-order valence-electron chi connectivity index (χ3n) is 4.46. The molecule has 0 bridgehead atoms. The van der Waals surface area contributed by atoms with Crippen molar-refractivity contribution in [2.24, 2.45) is 0 Å². The van der Waals surface area contributed by atoms with Crippen LogP contribution < -0.4 is 5.56 Å². The lowest BCUT2D eigenvalue weighted by molar-refractivity contribution is 0.312. The first-order valence-corrected chi connectivity index (χ1v) is 7.62. The van der Waals surface area contributed by atoms with E-state index >= 15 is 0 Å². The van der Waals surface area contributed by atoms with E-state index in [0.29, 0.717) is 4.77 Å². The lowest BCUT2D eigenvalue weighted by atomic mass is 10.2. The highest BCUT2D eigenvalue weighted by Crippen LogP contribution is 2.33. The van der Waals surface area contributed by atoms with Crippen molar-refractivity contribution in [1.29, 1.82) is 0 Å². The Bertz CT molecular complexity index is 775. The molecular weight excluding hydrogens is 270 g/mol. The van der Waals surface area contributed by atoms with Crippen LogP contribution in [0.15, 0.2) is 29.1 Å². The summed E-state index contributed by atoms with van der Waals surface area (Å²) in [6, 6.07) is 8.57. The molecule has 1 unspecified atom stereocenters. The molecule has 1 atom stereocenters. The molecule has 4 rings (SSSR count). The summed E-state index contributed by atoms with van der Waals surface area (Å²) in [5.74, 6) is 0. The highest BCUT2D eigenvalue weighted by atomic mass is 32.1. The molecule has 2 aromatic rings.